The smallest absolute Gasteiger partial charge is 0.227 e. The van der Waals surface area contributed by atoms with Gasteiger partial charge in [-0.2, -0.15) is 0 Å². The summed E-state index contributed by atoms with van der Waals surface area (Å²) in [7, 11) is 0. The van der Waals surface area contributed by atoms with E-state index >= 15 is 0 Å². The predicted molar refractivity (Wildman–Crippen MR) is 141 cm³/mol. The Labute approximate surface area is 207 Å². The molecular weight excluding hydrogens is 434 g/mol. The van der Waals surface area contributed by atoms with Crippen molar-refractivity contribution in [3.63, 3.8) is 0 Å². The number of carbonyl (C=O) groups excluding carboxylic acids is 1. The first-order valence-electron chi connectivity index (χ1n) is 12.6. The topological polar surface area (TPSA) is 52.6 Å². The van der Waals surface area contributed by atoms with Crippen molar-refractivity contribution in [1.29, 1.82) is 0 Å². The van der Waals surface area contributed by atoms with Crippen LogP contribution in [0.15, 0.2) is 78.9 Å². The Morgan fingerprint density at radius 1 is 0.857 bits per heavy atom. The number of piperazine rings is 1. The number of hydrogen-bond acceptors (Lipinski definition) is 5. The van der Waals surface area contributed by atoms with Crippen LogP contribution in [0.3, 0.4) is 0 Å². The van der Waals surface area contributed by atoms with Gasteiger partial charge in [0.1, 0.15) is 0 Å². The number of nitrogens with zero attached hydrogens (tertiary/aromatic N) is 5. The highest BCUT2D eigenvalue weighted by Gasteiger charge is 2.31. The molecule has 0 N–H and O–H groups in total. The summed E-state index contributed by atoms with van der Waals surface area (Å²) in [6, 6.07) is 24.5. The molecule has 2 fully saturated rings. The SMILES string of the molecule is O=C(C1CCCN(c2ccc(-c3ccccc3)nn2)C1)N1CCN(C/C=C/c2ccccc2)CC1. The number of hydrogen-bond donors (Lipinski definition) is 0. The Hall–Kier alpha value is -3.51. The Kier molecular flexibility index (Phi) is 7.49. The van der Waals surface area contributed by atoms with Crippen molar-refractivity contribution in [2.45, 2.75) is 12.8 Å². The zero-order valence-electron chi connectivity index (χ0n) is 20.2. The second-order valence-electron chi connectivity index (χ2n) is 9.37. The fourth-order valence-electron chi connectivity index (χ4n) is 4.95. The largest absolute Gasteiger partial charge is 0.354 e. The molecular formula is C29H33N5O. The van der Waals surface area contributed by atoms with Gasteiger partial charge in [-0.05, 0) is 30.5 Å². The van der Waals surface area contributed by atoms with E-state index in [1.54, 1.807) is 0 Å². The van der Waals surface area contributed by atoms with E-state index in [1.165, 1.54) is 5.56 Å². The third-order valence-electron chi connectivity index (χ3n) is 6.97. The standard InChI is InChI=1S/C29H33N5O/c35-29(33-21-19-32(20-22-33)17-7-11-24-9-3-1-4-10-24)26-14-8-18-34(23-26)28-16-15-27(30-31-28)25-12-5-2-6-13-25/h1-7,9-13,15-16,26H,8,14,17-23H2/b11-7+. The number of anilines is 1. The van der Waals surface area contributed by atoms with Crippen molar-refractivity contribution in [3.8, 4) is 11.3 Å². The molecule has 2 saturated heterocycles. The lowest BCUT2D eigenvalue weighted by Gasteiger charge is -2.39. The average molecular weight is 468 g/mol. The molecule has 0 bridgehead atoms. The van der Waals surface area contributed by atoms with Crippen molar-refractivity contribution < 1.29 is 4.79 Å². The van der Waals surface area contributed by atoms with Crippen LogP contribution in [-0.4, -0.2) is 71.7 Å². The molecule has 0 spiro atoms. The van der Waals surface area contributed by atoms with Crippen LogP contribution in [0.2, 0.25) is 0 Å². The van der Waals surface area contributed by atoms with Gasteiger partial charge in [0.25, 0.3) is 0 Å². The van der Waals surface area contributed by atoms with Crippen LogP contribution >= 0.6 is 0 Å². The molecule has 2 aliphatic heterocycles. The third-order valence-corrected chi connectivity index (χ3v) is 6.97. The van der Waals surface area contributed by atoms with Crippen molar-refractivity contribution in [1.82, 2.24) is 20.0 Å². The Bertz CT molecular complexity index is 1110. The van der Waals surface area contributed by atoms with Crippen molar-refractivity contribution in [2.24, 2.45) is 5.92 Å². The van der Waals surface area contributed by atoms with Gasteiger partial charge in [-0.15, -0.1) is 10.2 Å². The summed E-state index contributed by atoms with van der Waals surface area (Å²) in [5.41, 5.74) is 3.16. The summed E-state index contributed by atoms with van der Waals surface area (Å²) in [5, 5.41) is 8.92. The zero-order chi connectivity index (χ0) is 23.9. The minimum absolute atomic E-state index is 0.0314. The van der Waals surface area contributed by atoms with E-state index in [0.717, 1.165) is 75.7 Å². The minimum atomic E-state index is 0.0314. The molecule has 1 unspecified atom stereocenters. The molecule has 0 aliphatic carbocycles. The van der Waals surface area contributed by atoms with E-state index in [9.17, 15) is 4.79 Å². The molecule has 5 rings (SSSR count). The van der Waals surface area contributed by atoms with E-state index < -0.39 is 0 Å². The van der Waals surface area contributed by atoms with Gasteiger partial charge < -0.3 is 9.80 Å². The number of piperidine rings is 1. The molecule has 1 aromatic heterocycles. The molecule has 2 aromatic carbocycles. The van der Waals surface area contributed by atoms with E-state index in [0.29, 0.717) is 5.91 Å². The second-order valence-corrected chi connectivity index (χ2v) is 9.37. The van der Waals surface area contributed by atoms with Gasteiger partial charge >= 0.3 is 0 Å². The first kappa shape index (κ1) is 23.2. The Morgan fingerprint density at radius 2 is 1.60 bits per heavy atom. The molecule has 3 heterocycles. The van der Waals surface area contributed by atoms with Crippen molar-refractivity contribution in [3.05, 3.63) is 84.4 Å². The van der Waals surface area contributed by atoms with Gasteiger partial charge in [0.15, 0.2) is 5.82 Å². The highest BCUT2D eigenvalue weighted by Crippen LogP contribution is 2.25. The Morgan fingerprint density at radius 3 is 2.31 bits per heavy atom. The van der Waals surface area contributed by atoms with Crippen LogP contribution in [0.25, 0.3) is 17.3 Å². The molecule has 0 saturated carbocycles. The molecule has 1 amide bonds. The number of benzene rings is 2. The molecule has 35 heavy (non-hydrogen) atoms. The van der Waals surface area contributed by atoms with Gasteiger partial charge in [-0.25, -0.2) is 0 Å². The lowest BCUT2D eigenvalue weighted by atomic mass is 9.96. The summed E-state index contributed by atoms with van der Waals surface area (Å²) in [6.45, 7) is 6.02. The number of aromatic nitrogens is 2. The highest BCUT2D eigenvalue weighted by molar-refractivity contribution is 5.80. The zero-order valence-corrected chi connectivity index (χ0v) is 20.2. The second kappa shape index (κ2) is 11.3. The normalized spacial score (nSPS) is 19.3. The number of carbonyl (C=O) groups is 1. The monoisotopic (exact) mass is 467 g/mol. The summed E-state index contributed by atoms with van der Waals surface area (Å²) < 4.78 is 0. The van der Waals surface area contributed by atoms with Crippen LogP contribution in [-0.2, 0) is 4.79 Å². The summed E-state index contributed by atoms with van der Waals surface area (Å²) in [6.07, 6.45) is 6.34. The fraction of sp³-hybridized carbons (Fsp3) is 0.345. The van der Waals surface area contributed by atoms with Gasteiger partial charge in [-0.3, -0.25) is 9.69 Å². The van der Waals surface area contributed by atoms with Gasteiger partial charge in [0, 0.05) is 51.4 Å². The van der Waals surface area contributed by atoms with Crippen LogP contribution in [0.1, 0.15) is 18.4 Å². The molecule has 0 radical (unpaired) electrons. The van der Waals surface area contributed by atoms with E-state index in [2.05, 4.69) is 61.3 Å². The lowest BCUT2D eigenvalue weighted by Crippen LogP contribution is -2.52. The third kappa shape index (κ3) is 5.95. The lowest BCUT2D eigenvalue weighted by molar-refractivity contribution is -0.137. The summed E-state index contributed by atoms with van der Waals surface area (Å²) in [4.78, 5) is 20.0. The molecule has 1 atom stereocenters. The van der Waals surface area contributed by atoms with E-state index in [4.69, 9.17) is 0 Å². The van der Waals surface area contributed by atoms with Crippen LogP contribution in [0.4, 0.5) is 5.82 Å². The van der Waals surface area contributed by atoms with Crippen LogP contribution in [0.5, 0.6) is 0 Å². The van der Waals surface area contributed by atoms with E-state index in [1.807, 2.05) is 48.5 Å². The number of amides is 1. The maximum Gasteiger partial charge on any atom is 0.227 e. The molecule has 3 aromatic rings. The van der Waals surface area contributed by atoms with E-state index in [-0.39, 0.29) is 5.92 Å². The van der Waals surface area contributed by atoms with Gasteiger partial charge in [0.05, 0.1) is 11.6 Å². The minimum Gasteiger partial charge on any atom is -0.354 e. The molecule has 6 heteroatoms. The van der Waals surface area contributed by atoms with Gasteiger partial charge in [0.2, 0.25) is 5.91 Å². The van der Waals surface area contributed by atoms with Crippen molar-refractivity contribution in [2.75, 3.05) is 50.7 Å². The van der Waals surface area contributed by atoms with Crippen LogP contribution < -0.4 is 4.90 Å². The molecule has 6 nitrogen and oxygen atoms in total. The maximum atomic E-state index is 13.3. The molecule has 2 aliphatic rings. The van der Waals surface area contributed by atoms with Crippen LogP contribution in [0, 0.1) is 5.92 Å². The molecule has 180 valence electrons. The van der Waals surface area contributed by atoms with Crippen molar-refractivity contribution >= 4 is 17.8 Å². The summed E-state index contributed by atoms with van der Waals surface area (Å²) >= 11 is 0. The number of rotatable bonds is 6. The Balaban J connectivity index is 1.12. The first-order valence-corrected chi connectivity index (χ1v) is 12.6. The van der Waals surface area contributed by atoms with Gasteiger partial charge in [-0.1, -0.05) is 72.8 Å². The maximum absolute atomic E-state index is 13.3. The summed E-state index contributed by atoms with van der Waals surface area (Å²) in [5.74, 6) is 1.18. The predicted octanol–water partition coefficient (Wildman–Crippen LogP) is 4.22. The fourth-order valence-corrected chi connectivity index (χ4v) is 4.95. The average Bonchev–Trinajstić information content (AvgIpc) is 2.94. The first-order chi connectivity index (χ1) is 17.3. The quantitative estimate of drug-likeness (QED) is 0.543. The highest BCUT2D eigenvalue weighted by atomic mass is 16.2.